The summed E-state index contributed by atoms with van der Waals surface area (Å²) in [6, 6.07) is 5.33. The van der Waals surface area contributed by atoms with Gasteiger partial charge in [0.15, 0.2) is 0 Å². The van der Waals surface area contributed by atoms with Crippen LogP contribution in [0.1, 0.15) is 38.4 Å². The van der Waals surface area contributed by atoms with Gasteiger partial charge in [0, 0.05) is 31.8 Å². The van der Waals surface area contributed by atoms with E-state index in [4.69, 9.17) is 9.15 Å². The molecule has 0 aromatic carbocycles. The van der Waals surface area contributed by atoms with Crippen LogP contribution in [0.3, 0.4) is 0 Å². The van der Waals surface area contributed by atoms with Crippen molar-refractivity contribution in [3.05, 3.63) is 24.2 Å². The van der Waals surface area contributed by atoms with Crippen molar-refractivity contribution in [3.8, 4) is 0 Å². The highest BCUT2D eigenvalue weighted by Crippen LogP contribution is 2.30. The number of nitrogens with zero attached hydrogens (tertiary/aromatic N) is 1. The van der Waals surface area contributed by atoms with Crippen molar-refractivity contribution in [1.82, 2.24) is 10.2 Å². The zero-order chi connectivity index (χ0) is 13.8. The van der Waals surface area contributed by atoms with Crippen molar-refractivity contribution in [2.24, 2.45) is 0 Å². The average Bonchev–Trinajstić information content (AvgIpc) is 2.93. The number of hydrogen-bond acceptors (Lipinski definition) is 4. The highest BCUT2D eigenvalue weighted by atomic mass is 16.5. The molecule has 112 valence electrons. The summed E-state index contributed by atoms with van der Waals surface area (Å²) in [6.45, 7) is 6.19. The van der Waals surface area contributed by atoms with E-state index >= 15 is 0 Å². The SMILES string of the molecule is CC(CNCC1CCCO1)N(Cc1ccco1)C1CC1. The minimum atomic E-state index is 0.432. The van der Waals surface area contributed by atoms with Crippen LogP contribution in [0.4, 0.5) is 0 Å². The van der Waals surface area contributed by atoms with Gasteiger partial charge < -0.3 is 14.5 Å². The molecule has 0 amide bonds. The summed E-state index contributed by atoms with van der Waals surface area (Å²) in [5, 5.41) is 3.57. The van der Waals surface area contributed by atoms with Gasteiger partial charge in [-0.05, 0) is 44.7 Å². The second kappa shape index (κ2) is 6.74. The minimum absolute atomic E-state index is 0.432. The summed E-state index contributed by atoms with van der Waals surface area (Å²) in [5.41, 5.74) is 0. The van der Waals surface area contributed by atoms with E-state index in [1.54, 1.807) is 6.26 Å². The monoisotopic (exact) mass is 278 g/mol. The van der Waals surface area contributed by atoms with Crippen LogP contribution in [0.5, 0.6) is 0 Å². The van der Waals surface area contributed by atoms with E-state index in [9.17, 15) is 0 Å². The van der Waals surface area contributed by atoms with Crippen LogP contribution in [0, 0.1) is 0 Å². The fourth-order valence-electron chi connectivity index (χ4n) is 3.01. The molecule has 0 bridgehead atoms. The van der Waals surface area contributed by atoms with Crippen LogP contribution >= 0.6 is 0 Å². The quantitative estimate of drug-likeness (QED) is 0.792. The Morgan fingerprint density at radius 1 is 1.40 bits per heavy atom. The molecular weight excluding hydrogens is 252 g/mol. The van der Waals surface area contributed by atoms with Crippen molar-refractivity contribution >= 4 is 0 Å². The van der Waals surface area contributed by atoms with Gasteiger partial charge in [-0.1, -0.05) is 0 Å². The van der Waals surface area contributed by atoms with E-state index in [2.05, 4.69) is 23.2 Å². The summed E-state index contributed by atoms with van der Waals surface area (Å²) in [5.74, 6) is 1.07. The number of nitrogens with one attached hydrogen (secondary N) is 1. The summed E-state index contributed by atoms with van der Waals surface area (Å²) in [4.78, 5) is 2.57. The molecule has 2 unspecified atom stereocenters. The number of ether oxygens (including phenoxy) is 1. The van der Waals surface area contributed by atoms with Gasteiger partial charge in [-0.15, -0.1) is 0 Å². The largest absolute Gasteiger partial charge is 0.468 e. The standard InChI is InChI=1S/C16H26N2O2/c1-13(10-17-11-15-4-2-8-19-15)18(14-6-7-14)12-16-5-3-9-20-16/h3,5,9,13-15,17H,2,4,6-8,10-12H2,1H3. The Labute approximate surface area is 121 Å². The second-order valence-corrected chi connectivity index (χ2v) is 6.13. The maximum absolute atomic E-state index is 5.65. The topological polar surface area (TPSA) is 37.6 Å². The van der Waals surface area contributed by atoms with Gasteiger partial charge in [0.25, 0.3) is 0 Å². The van der Waals surface area contributed by atoms with Crippen molar-refractivity contribution in [2.45, 2.75) is 57.3 Å². The van der Waals surface area contributed by atoms with Crippen molar-refractivity contribution in [2.75, 3.05) is 19.7 Å². The lowest BCUT2D eigenvalue weighted by Gasteiger charge is -2.29. The fourth-order valence-corrected chi connectivity index (χ4v) is 3.01. The lowest BCUT2D eigenvalue weighted by atomic mass is 10.2. The van der Waals surface area contributed by atoms with Gasteiger partial charge in [-0.2, -0.15) is 0 Å². The van der Waals surface area contributed by atoms with Crippen molar-refractivity contribution in [3.63, 3.8) is 0 Å². The first-order chi connectivity index (χ1) is 9.83. The van der Waals surface area contributed by atoms with E-state index in [-0.39, 0.29) is 0 Å². The van der Waals surface area contributed by atoms with Gasteiger partial charge in [0.2, 0.25) is 0 Å². The Bertz CT molecular complexity index is 383. The highest BCUT2D eigenvalue weighted by Gasteiger charge is 2.32. The zero-order valence-corrected chi connectivity index (χ0v) is 12.4. The molecule has 0 radical (unpaired) electrons. The molecule has 2 atom stereocenters. The van der Waals surface area contributed by atoms with Crippen LogP contribution < -0.4 is 5.32 Å². The molecule has 1 saturated heterocycles. The minimum Gasteiger partial charge on any atom is -0.468 e. The number of hydrogen-bond donors (Lipinski definition) is 1. The maximum Gasteiger partial charge on any atom is 0.117 e. The molecule has 20 heavy (non-hydrogen) atoms. The molecule has 1 N–H and O–H groups in total. The summed E-state index contributed by atoms with van der Waals surface area (Å²) >= 11 is 0. The van der Waals surface area contributed by atoms with E-state index in [0.29, 0.717) is 12.1 Å². The Hall–Kier alpha value is -0.840. The third-order valence-corrected chi connectivity index (χ3v) is 4.34. The van der Waals surface area contributed by atoms with Crippen LogP contribution in [-0.4, -0.2) is 42.8 Å². The van der Waals surface area contributed by atoms with E-state index in [0.717, 1.165) is 38.0 Å². The molecule has 2 aliphatic rings. The lowest BCUT2D eigenvalue weighted by Crippen LogP contribution is -2.42. The normalized spacial score (nSPS) is 24.4. The molecule has 1 aromatic heterocycles. The molecule has 1 aliphatic carbocycles. The molecule has 1 saturated carbocycles. The first-order valence-corrected chi connectivity index (χ1v) is 7.93. The molecular formula is C16H26N2O2. The molecule has 1 aromatic rings. The highest BCUT2D eigenvalue weighted by molar-refractivity contribution is 5.00. The smallest absolute Gasteiger partial charge is 0.117 e. The fraction of sp³-hybridized carbons (Fsp3) is 0.750. The van der Waals surface area contributed by atoms with Crippen LogP contribution in [-0.2, 0) is 11.3 Å². The predicted molar refractivity (Wildman–Crippen MR) is 78.6 cm³/mol. The van der Waals surface area contributed by atoms with E-state index in [1.807, 2.05) is 6.07 Å². The summed E-state index contributed by atoms with van der Waals surface area (Å²) < 4.78 is 11.1. The molecule has 4 nitrogen and oxygen atoms in total. The van der Waals surface area contributed by atoms with Crippen LogP contribution in [0.15, 0.2) is 22.8 Å². The third kappa shape index (κ3) is 3.84. The molecule has 3 rings (SSSR count). The second-order valence-electron chi connectivity index (χ2n) is 6.13. The molecule has 2 fully saturated rings. The maximum atomic E-state index is 5.65. The van der Waals surface area contributed by atoms with Gasteiger partial charge in [-0.25, -0.2) is 0 Å². The molecule has 1 aliphatic heterocycles. The Balaban J connectivity index is 1.44. The van der Waals surface area contributed by atoms with Gasteiger partial charge in [-0.3, -0.25) is 4.90 Å². The Kier molecular flexibility index (Phi) is 4.76. The number of furan rings is 1. The van der Waals surface area contributed by atoms with Gasteiger partial charge in [0.1, 0.15) is 5.76 Å². The van der Waals surface area contributed by atoms with Gasteiger partial charge in [0.05, 0.1) is 18.9 Å². The lowest BCUT2D eigenvalue weighted by molar-refractivity contribution is 0.105. The van der Waals surface area contributed by atoms with Crippen molar-refractivity contribution in [1.29, 1.82) is 0 Å². The summed E-state index contributed by atoms with van der Waals surface area (Å²) in [7, 11) is 0. The Morgan fingerprint density at radius 3 is 2.95 bits per heavy atom. The van der Waals surface area contributed by atoms with Gasteiger partial charge >= 0.3 is 0 Å². The average molecular weight is 278 g/mol. The molecule has 2 heterocycles. The van der Waals surface area contributed by atoms with Crippen LogP contribution in [0.25, 0.3) is 0 Å². The first kappa shape index (κ1) is 14.1. The van der Waals surface area contributed by atoms with E-state index in [1.165, 1.54) is 25.7 Å². The zero-order valence-electron chi connectivity index (χ0n) is 12.4. The number of rotatable bonds is 8. The molecule has 4 heteroatoms. The van der Waals surface area contributed by atoms with E-state index < -0.39 is 0 Å². The predicted octanol–water partition coefficient (Wildman–Crippen LogP) is 2.40. The summed E-state index contributed by atoms with van der Waals surface area (Å²) in [6.07, 6.45) is 7.28. The third-order valence-electron chi connectivity index (χ3n) is 4.34. The van der Waals surface area contributed by atoms with Crippen molar-refractivity contribution < 1.29 is 9.15 Å². The Morgan fingerprint density at radius 2 is 2.30 bits per heavy atom. The first-order valence-electron chi connectivity index (χ1n) is 7.93. The molecule has 0 spiro atoms. The van der Waals surface area contributed by atoms with Crippen LogP contribution in [0.2, 0.25) is 0 Å².